The molecule has 1 heterocycles. The molecule has 9 heteroatoms. The summed E-state index contributed by atoms with van der Waals surface area (Å²) in [7, 11) is 0. The number of nitrogens with one attached hydrogen (secondary N) is 1. The van der Waals surface area contributed by atoms with Crippen molar-refractivity contribution in [2.75, 3.05) is 13.1 Å². The first kappa shape index (κ1) is 21.9. The second kappa shape index (κ2) is 10.8. The number of carboxylic acids is 1. The highest BCUT2D eigenvalue weighted by atomic mass is 32.2. The molecule has 3 N–H and O–H groups in total. The first-order chi connectivity index (χ1) is 13.4. The molecule has 28 heavy (non-hydrogen) atoms. The average molecular weight is 423 g/mol. The lowest BCUT2D eigenvalue weighted by Gasteiger charge is -2.14. The maximum atomic E-state index is 12.5. The van der Waals surface area contributed by atoms with Crippen LogP contribution >= 0.6 is 24.0 Å². The fourth-order valence-corrected chi connectivity index (χ4v) is 3.90. The number of benzene rings is 1. The number of carboxylic acid groups (broad SMARTS) is 1. The zero-order valence-electron chi connectivity index (χ0n) is 15.2. The van der Waals surface area contributed by atoms with E-state index < -0.39 is 5.97 Å². The number of nitrogens with zero attached hydrogens (tertiary/aromatic N) is 1. The van der Waals surface area contributed by atoms with Crippen LogP contribution in [0.15, 0.2) is 29.2 Å². The van der Waals surface area contributed by atoms with Gasteiger partial charge in [0.15, 0.2) is 0 Å². The van der Waals surface area contributed by atoms with Gasteiger partial charge in [-0.05, 0) is 36.6 Å². The number of thiocarbonyl (C=S) groups is 1. The van der Waals surface area contributed by atoms with E-state index in [0.29, 0.717) is 35.0 Å². The minimum atomic E-state index is -0.943. The van der Waals surface area contributed by atoms with Gasteiger partial charge in [-0.3, -0.25) is 19.3 Å². The number of amides is 2. The van der Waals surface area contributed by atoms with Gasteiger partial charge >= 0.3 is 5.97 Å². The van der Waals surface area contributed by atoms with E-state index >= 15 is 0 Å². The van der Waals surface area contributed by atoms with Crippen LogP contribution in [-0.4, -0.2) is 50.3 Å². The standard InChI is InChI=1S/C19H22N2O5S2/c22-14-6-4-5-13(11-14)12-15-18(26)21(19(27)28-15)10-3-1-2-7-16(23)20-9-8-17(24)25/h4-6,11-12,22H,1-3,7-10H2,(H,20,23)(H,24,25)/b15-12-. The Morgan fingerprint density at radius 3 is 2.71 bits per heavy atom. The van der Waals surface area contributed by atoms with Crippen molar-refractivity contribution in [3.8, 4) is 5.75 Å². The van der Waals surface area contributed by atoms with Gasteiger partial charge in [-0.1, -0.05) is 42.5 Å². The Morgan fingerprint density at radius 1 is 1.21 bits per heavy atom. The molecule has 1 aliphatic rings. The van der Waals surface area contributed by atoms with Crippen LogP contribution < -0.4 is 5.32 Å². The number of phenolic OH excluding ortho intramolecular Hbond substituents is 1. The molecule has 0 unspecified atom stereocenters. The Balaban J connectivity index is 1.73. The van der Waals surface area contributed by atoms with E-state index in [2.05, 4.69) is 5.32 Å². The van der Waals surface area contributed by atoms with E-state index in [-0.39, 0.29) is 30.5 Å². The molecule has 0 aromatic heterocycles. The van der Waals surface area contributed by atoms with Crippen LogP contribution in [-0.2, 0) is 14.4 Å². The Kier molecular flexibility index (Phi) is 8.46. The van der Waals surface area contributed by atoms with E-state index in [1.807, 2.05) is 0 Å². The number of rotatable bonds is 10. The largest absolute Gasteiger partial charge is 0.508 e. The minimum Gasteiger partial charge on any atom is -0.508 e. The van der Waals surface area contributed by atoms with Crippen molar-refractivity contribution in [2.45, 2.75) is 32.1 Å². The lowest BCUT2D eigenvalue weighted by atomic mass is 10.1. The van der Waals surface area contributed by atoms with Crippen molar-refractivity contribution in [1.82, 2.24) is 10.2 Å². The highest BCUT2D eigenvalue weighted by Crippen LogP contribution is 2.33. The summed E-state index contributed by atoms with van der Waals surface area (Å²) in [5.41, 5.74) is 0.731. The van der Waals surface area contributed by atoms with Crippen molar-refractivity contribution >= 4 is 52.2 Å². The van der Waals surface area contributed by atoms with Gasteiger partial charge in [0.05, 0.1) is 11.3 Å². The fourth-order valence-electron chi connectivity index (χ4n) is 2.59. The molecule has 0 spiro atoms. The third-order valence-electron chi connectivity index (χ3n) is 3.99. The average Bonchev–Trinajstić information content (AvgIpc) is 2.88. The molecule has 1 fully saturated rings. The third-order valence-corrected chi connectivity index (χ3v) is 5.37. The Morgan fingerprint density at radius 2 is 2.00 bits per heavy atom. The zero-order chi connectivity index (χ0) is 20.5. The van der Waals surface area contributed by atoms with E-state index in [1.54, 1.807) is 35.2 Å². The van der Waals surface area contributed by atoms with Crippen LogP contribution in [0.4, 0.5) is 0 Å². The molecule has 1 aromatic rings. The quantitative estimate of drug-likeness (QED) is 0.302. The number of phenols is 1. The van der Waals surface area contributed by atoms with E-state index in [1.165, 1.54) is 11.8 Å². The number of unbranched alkanes of at least 4 members (excludes halogenated alkanes) is 2. The topological polar surface area (TPSA) is 107 Å². The predicted molar refractivity (Wildman–Crippen MR) is 112 cm³/mol. The van der Waals surface area contributed by atoms with Gasteiger partial charge in [0.1, 0.15) is 10.1 Å². The van der Waals surface area contributed by atoms with Crippen molar-refractivity contribution < 1.29 is 24.6 Å². The number of hydrogen-bond donors (Lipinski definition) is 3. The summed E-state index contributed by atoms with van der Waals surface area (Å²) in [6, 6.07) is 6.65. The maximum Gasteiger partial charge on any atom is 0.305 e. The molecular formula is C19H22N2O5S2. The number of carbonyl (C=O) groups excluding carboxylic acids is 2. The summed E-state index contributed by atoms with van der Waals surface area (Å²) in [5, 5.41) is 20.6. The zero-order valence-corrected chi connectivity index (χ0v) is 16.9. The summed E-state index contributed by atoms with van der Waals surface area (Å²) in [6.45, 7) is 0.624. The molecule has 0 saturated carbocycles. The van der Waals surface area contributed by atoms with E-state index in [0.717, 1.165) is 12.0 Å². The highest BCUT2D eigenvalue weighted by Gasteiger charge is 2.31. The number of aromatic hydroxyl groups is 1. The van der Waals surface area contributed by atoms with Gasteiger partial charge in [-0.15, -0.1) is 0 Å². The second-order valence-electron chi connectivity index (χ2n) is 6.23. The van der Waals surface area contributed by atoms with Gasteiger partial charge in [0.2, 0.25) is 5.91 Å². The van der Waals surface area contributed by atoms with Crippen LogP contribution in [0.1, 0.15) is 37.7 Å². The van der Waals surface area contributed by atoms with Crippen LogP contribution in [0.2, 0.25) is 0 Å². The molecule has 2 amide bonds. The number of hydrogen-bond acceptors (Lipinski definition) is 6. The monoisotopic (exact) mass is 422 g/mol. The lowest BCUT2D eigenvalue weighted by molar-refractivity contribution is -0.137. The second-order valence-corrected chi connectivity index (χ2v) is 7.91. The summed E-state index contributed by atoms with van der Waals surface area (Å²) in [5.74, 6) is -1.12. The molecule has 2 rings (SSSR count). The molecule has 7 nitrogen and oxygen atoms in total. The number of aliphatic carboxylic acids is 1. The normalized spacial score (nSPS) is 15.3. The molecule has 1 aliphatic heterocycles. The van der Waals surface area contributed by atoms with Crippen LogP contribution in [0.3, 0.4) is 0 Å². The molecule has 0 aliphatic carbocycles. The minimum absolute atomic E-state index is 0.0869. The van der Waals surface area contributed by atoms with Crippen LogP contribution in [0.5, 0.6) is 5.75 Å². The van der Waals surface area contributed by atoms with Crippen LogP contribution in [0.25, 0.3) is 6.08 Å². The molecule has 0 atom stereocenters. The van der Waals surface area contributed by atoms with Crippen molar-refractivity contribution in [2.24, 2.45) is 0 Å². The fraction of sp³-hybridized carbons (Fsp3) is 0.368. The highest BCUT2D eigenvalue weighted by molar-refractivity contribution is 8.26. The Labute approximate surface area is 172 Å². The molecule has 0 bridgehead atoms. The van der Waals surface area contributed by atoms with Crippen molar-refractivity contribution in [1.29, 1.82) is 0 Å². The van der Waals surface area contributed by atoms with E-state index in [4.69, 9.17) is 17.3 Å². The number of carbonyl (C=O) groups is 3. The predicted octanol–water partition coefficient (Wildman–Crippen LogP) is 2.74. The van der Waals surface area contributed by atoms with Gasteiger partial charge < -0.3 is 15.5 Å². The van der Waals surface area contributed by atoms with Crippen LogP contribution in [0, 0.1) is 0 Å². The SMILES string of the molecule is O=C(O)CCNC(=O)CCCCCN1C(=O)/C(=C/c2cccc(O)c2)SC1=S. The Bertz CT molecular complexity index is 794. The van der Waals surface area contributed by atoms with E-state index in [9.17, 15) is 19.5 Å². The van der Waals surface area contributed by atoms with Gasteiger partial charge in [-0.2, -0.15) is 0 Å². The summed E-state index contributed by atoms with van der Waals surface area (Å²) in [4.78, 5) is 36.6. The first-order valence-electron chi connectivity index (χ1n) is 8.89. The maximum absolute atomic E-state index is 12.5. The molecular weight excluding hydrogens is 400 g/mol. The van der Waals surface area contributed by atoms with Gasteiger partial charge in [0.25, 0.3) is 5.91 Å². The third kappa shape index (κ3) is 6.97. The first-order valence-corrected chi connectivity index (χ1v) is 10.1. The van der Waals surface area contributed by atoms with Crippen molar-refractivity contribution in [3.63, 3.8) is 0 Å². The Hall–Kier alpha value is -2.39. The summed E-state index contributed by atoms with van der Waals surface area (Å²) >= 11 is 6.53. The summed E-state index contributed by atoms with van der Waals surface area (Å²) in [6.07, 6.45) is 4.09. The summed E-state index contributed by atoms with van der Waals surface area (Å²) < 4.78 is 0.503. The molecule has 150 valence electrons. The number of thioether (sulfide) groups is 1. The van der Waals surface area contributed by atoms with Crippen molar-refractivity contribution in [3.05, 3.63) is 34.7 Å². The lowest BCUT2D eigenvalue weighted by Crippen LogP contribution is -2.29. The molecule has 1 aromatic carbocycles. The smallest absolute Gasteiger partial charge is 0.305 e. The molecule has 0 radical (unpaired) electrons. The van der Waals surface area contributed by atoms with Gasteiger partial charge in [-0.25, -0.2) is 0 Å². The molecule has 1 saturated heterocycles. The van der Waals surface area contributed by atoms with Gasteiger partial charge in [0, 0.05) is 19.5 Å².